The number of benzene rings is 2. The number of ether oxygens (including phenoxy) is 1. The van der Waals surface area contributed by atoms with Gasteiger partial charge in [-0.2, -0.15) is 0 Å². The summed E-state index contributed by atoms with van der Waals surface area (Å²) in [6, 6.07) is 15.6. The lowest BCUT2D eigenvalue weighted by Crippen LogP contribution is -2.14. The molecule has 1 atom stereocenters. The van der Waals surface area contributed by atoms with Crippen LogP contribution < -0.4 is 4.74 Å². The molecule has 0 radical (unpaired) electrons. The number of ketones is 1. The standard InChI is InChI=1S/C23H25FO2/c1-2-17(15-24)16-26-21-12-10-19(11-13-21)23(25)14-20-8-5-7-18-6-3-4-9-22(18)20/h3-4,6,9-13,15,20H,2,5,7-8,14,16H2,1H3/t20-/m1/s1. The molecule has 0 bridgehead atoms. The normalized spacial score (nSPS) is 16.8. The van der Waals surface area contributed by atoms with Crippen LogP contribution in [0.25, 0.3) is 0 Å². The molecule has 0 amide bonds. The van der Waals surface area contributed by atoms with Gasteiger partial charge in [-0.15, -0.1) is 0 Å². The van der Waals surface area contributed by atoms with Gasteiger partial charge in [0, 0.05) is 12.0 Å². The minimum Gasteiger partial charge on any atom is -0.489 e. The van der Waals surface area contributed by atoms with Gasteiger partial charge in [-0.3, -0.25) is 4.79 Å². The summed E-state index contributed by atoms with van der Waals surface area (Å²) < 4.78 is 18.1. The molecule has 0 heterocycles. The van der Waals surface area contributed by atoms with Crippen LogP contribution in [0.3, 0.4) is 0 Å². The summed E-state index contributed by atoms with van der Waals surface area (Å²) >= 11 is 0. The van der Waals surface area contributed by atoms with Crippen molar-refractivity contribution in [2.75, 3.05) is 6.61 Å². The number of fused-ring (bicyclic) bond motifs is 1. The topological polar surface area (TPSA) is 26.3 Å². The van der Waals surface area contributed by atoms with E-state index in [9.17, 15) is 9.18 Å². The molecule has 3 heteroatoms. The minimum absolute atomic E-state index is 0.163. The lowest BCUT2D eigenvalue weighted by molar-refractivity contribution is 0.0971. The molecule has 0 aliphatic heterocycles. The fourth-order valence-corrected chi connectivity index (χ4v) is 3.53. The van der Waals surface area contributed by atoms with Crippen LogP contribution in [0.2, 0.25) is 0 Å². The fourth-order valence-electron chi connectivity index (χ4n) is 3.53. The van der Waals surface area contributed by atoms with Crippen molar-refractivity contribution in [3.05, 3.63) is 77.1 Å². The molecule has 3 rings (SSSR count). The number of carbonyl (C=O) groups is 1. The first-order valence-corrected chi connectivity index (χ1v) is 9.33. The Balaban J connectivity index is 1.62. The van der Waals surface area contributed by atoms with Gasteiger partial charge in [0.25, 0.3) is 0 Å². The minimum atomic E-state index is 0.163. The maximum absolute atomic E-state index is 12.7. The third-order valence-electron chi connectivity index (χ3n) is 5.13. The maximum Gasteiger partial charge on any atom is 0.163 e. The van der Waals surface area contributed by atoms with Crippen LogP contribution in [-0.2, 0) is 6.42 Å². The van der Waals surface area contributed by atoms with E-state index >= 15 is 0 Å². The van der Waals surface area contributed by atoms with Gasteiger partial charge in [0.05, 0.1) is 6.33 Å². The molecular formula is C23H25FO2. The molecule has 0 fully saturated rings. The Labute approximate surface area is 154 Å². The lowest BCUT2D eigenvalue weighted by atomic mass is 9.79. The molecular weight excluding hydrogens is 327 g/mol. The zero-order valence-electron chi connectivity index (χ0n) is 15.2. The molecule has 1 aliphatic rings. The van der Waals surface area contributed by atoms with E-state index in [0.717, 1.165) is 19.3 Å². The summed E-state index contributed by atoms with van der Waals surface area (Å²) in [6.45, 7) is 2.12. The maximum atomic E-state index is 12.7. The SMILES string of the molecule is CCC(=CF)COc1ccc(C(=O)C[C@H]2CCCc3ccccc32)cc1. The number of hydrogen-bond acceptors (Lipinski definition) is 2. The van der Waals surface area contributed by atoms with Crippen molar-refractivity contribution < 1.29 is 13.9 Å². The Kier molecular flexibility index (Phi) is 6.21. The molecule has 26 heavy (non-hydrogen) atoms. The van der Waals surface area contributed by atoms with Crippen molar-refractivity contribution in [2.45, 2.75) is 44.9 Å². The lowest BCUT2D eigenvalue weighted by Gasteiger charge is -2.25. The van der Waals surface area contributed by atoms with Crippen LogP contribution >= 0.6 is 0 Å². The van der Waals surface area contributed by atoms with Crippen LogP contribution in [0.15, 0.2) is 60.4 Å². The van der Waals surface area contributed by atoms with Crippen LogP contribution in [0.5, 0.6) is 5.75 Å². The molecule has 0 N–H and O–H groups in total. The monoisotopic (exact) mass is 352 g/mol. The van der Waals surface area contributed by atoms with Crippen LogP contribution in [-0.4, -0.2) is 12.4 Å². The summed E-state index contributed by atoms with van der Waals surface area (Å²) in [5, 5.41) is 0. The van der Waals surface area contributed by atoms with Gasteiger partial charge in [0.2, 0.25) is 0 Å². The summed E-state index contributed by atoms with van der Waals surface area (Å²) in [5.41, 5.74) is 4.03. The van der Waals surface area contributed by atoms with Crippen molar-refractivity contribution in [3.8, 4) is 5.75 Å². The smallest absolute Gasteiger partial charge is 0.163 e. The predicted octanol–water partition coefficient (Wildman–Crippen LogP) is 6.02. The Morgan fingerprint density at radius 1 is 1.19 bits per heavy atom. The molecule has 0 saturated heterocycles. The number of Topliss-reactive ketones (excluding diaryl/α,β-unsaturated/α-hetero) is 1. The highest BCUT2D eigenvalue weighted by molar-refractivity contribution is 5.96. The van der Waals surface area contributed by atoms with Crippen molar-refractivity contribution in [2.24, 2.45) is 0 Å². The highest BCUT2D eigenvalue weighted by atomic mass is 19.1. The molecule has 0 aromatic heterocycles. The van der Waals surface area contributed by atoms with Gasteiger partial charge in [0.15, 0.2) is 5.78 Å². The van der Waals surface area contributed by atoms with Crippen LogP contribution in [0.4, 0.5) is 4.39 Å². The summed E-state index contributed by atoms with van der Waals surface area (Å²) in [4.78, 5) is 12.7. The van der Waals surface area contributed by atoms with E-state index < -0.39 is 0 Å². The van der Waals surface area contributed by atoms with Crippen molar-refractivity contribution in [3.63, 3.8) is 0 Å². The molecule has 2 nitrogen and oxygen atoms in total. The Morgan fingerprint density at radius 2 is 1.96 bits per heavy atom. The average molecular weight is 352 g/mol. The summed E-state index contributed by atoms with van der Waals surface area (Å²) in [7, 11) is 0. The highest BCUT2D eigenvalue weighted by Gasteiger charge is 2.22. The molecule has 0 spiro atoms. The molecule has 2 aromatic carbocycles. The van der Waals surface area contributed by atoms with Crippen LogP contribution in [0.1, 0.15) is 60.0 Å². The summed E-state index contributed by atoms with van der Waals surface area (Å²) in [6.07, 6.45) is 5.08. The van der Waals surface area contributed by atoms with E-state index in [4.69, 9.17) is 4.74 Å². The van der Waals surface area contributed by atoms with E-state index in [1.807, 2.05) is 6.92 Å². The second-order valence-electron chi connectivity index (χ2n) is 6.85. The van der Waals surface area contributed by atoms with Gasteiger partial charge in [-0.25, -0.2) is 4.39 Å². The fraction of sp³-hybridized carbons (Fsp3) is 0.348. The number of carbonyl (C=O) groups excluding carboxylic acids is 1. The highest BCUT2D eigenvalue weighted by Crippen LogP contribution is 2.34. The predicted molar refractivity (Wildman–Crippen MR) is 102 cm³/mol. The zero-order valence-corrected chi connectivity index (χ0v) is 15.2. The Bertz CT molecular complexity index is 777. The van der Waals surface area contributed by atoms with Gasteiger partial charge < -0.3 is 4.74 Å². The van der Waals surface area contributed by atoms with Gasteiger partial charge in [-0.05, 0) is 72.6 Å². The Morgan fingerprint density at radius 3 is 2.69 bits per heavy atom. The molecule has 1 aliphatic carbocycles. The van der Waals surface area contributed by atoms with Gasteiger partial charge >= 0.3 is 0 Å². The van der Waals surface area contributed by atoms with Crippen molar-refractivity contribution >= 4 is 5.78 Å². The quantitative estimate of drug-likeness (QED) is 0.569. The van der Waals surface area contributed by atoms with E-state index in [1.165, 1.54) is 11.1 Å². The number of hydrogen-bond donors (Lipinski definition) is 0. The van der Waals surface area contributed by atoms with Crippen molar-refractivity contribution in [1.29, 1.82) is 0 Å². The third kappa shape index (κ3) is 4.40. The molecule has 136 valence electrons. The average Bonchev–Trinajstić information content (AvgIpc) is 2.69. The molecule has 2 aromatic rings. The van der Waals surface area contributed by atoms with E-state index in [-0.39, 0.29) is 12.4 Å². The summed E-state index contributed by atoms with van der Waals surface area (Å²) in [5.74, 6) is 1.12. The third-order valence-corrected chi connectivity index (χ3v) is 5.13. The number of halogens is 1. The van der Waals surface area contributed by atoms with Gasteiger partial charge in [-0.1, -0.05) is 31.2 Å². The molecule has 0 unspecified atom stereocenters. The van der Waals surface area contributed by atoms with E-state index in [1.54, 1.807) is 24.3 Å². The first-order chi connectivity index (χ1) is 12.7. The molecule has 0 saturated carbocycles. The second kappa shape index (κ2) is 8.79. The number of rotatable bonds is 7. The first-order valence-electron chi connectivity index (χ1n) is 9.33. The second-order valence-corrected chi connectivity index (χ2v) is 6.85. The zero-order chi connectivity index (χ0) is 18.4. The number of aryl methyl sites for hydroxylation is 1. The Hall–Kier alpha value is -2.42. The van der Waals surface area contributed by atoms with E-state index in [2.05, 4.69) is 24.3 Å². The first kappa shape index (κ1) is 18.4. The van der Waals surface area contributed by atoms with E-state index in [0.29, 0.717) is 42.0 Å². The van der Waals surface area contributed by atoms with Crippen LogP contribution in [0, 0.1) is 0 Å². The van der Waals surface area contributed by atoms with Crippen molar-refractivity contribution in [1.82, 2.24) is 0 Å². The largest absolute Gasteiger partial charge is 0.489 e. The van der Waals surface area contributed by atoms with Gasteiger partial charge in [0.1, 0.15) is 12.4 Å².